The van der Waals surface area contributed by atoms with Crippen molar-refractivity contribution >= 4 is 37.6 Å². The van der Waals surface area contributed by atoms with Gasteiger partial charge in [-0.15, -0.1) is 0 Å². The maximum Gasteiger partial charge on any atom is 0.410 e. The Kier molecular flexibility index (Phi) is 10.1. The van der Waals surface area contributed by atoms with E-state index in [0.717, 1.165) is 5.69 Å². The number of carbonyl (C=O) groups is 2. The number of anilines is 3. The average molecular weight is 545 g/mol. The minimum absolute atomic E-state index is 0.287. The van der Waals surface area contributed by atoms with Crippen molar-refractivity contribution in [2.24, 2.45) is 0 Å². The van der Waals surface area contributed by atoms with Crippen LogP contribution >= 0.6 is 8.46 Å². The lowest BCUT2D eigenvalue weighted by Crippen LogP contribution is -2.50. The molecule has 206 valence electrons. The molecule has 1 saturated heterocycles. The standard InChI is InChI=1S/C27H37N4O6P/c1-6-35-27(38-34,36-7-2)20-8-10-21(11-9-20)28-24(32)29-22-12-14-23(15-13-22)30-16-18-31(19-17-30)25(33)37-26(3,4)5/h8-15H,6-7,16-19H2,1-5H3,(H2,28,29,32). The number of benzene rings is 2. The van der Waals surface area contributed by atoms with Gasteiger partial charge in [0.2, 0.25) is 8.46 Å². The van der Waals surface area contributed by atoms with Crippen LogP contribution in [0, 0.1) is 0 Å². The van der Waals surface area contributed by atoms with E-state index in [9.17, 15) is 14.2 Å². The Morgan fingerprint density at radius 2 is 1.34 bits per heavy atom. The molecule has 0 aliphatic carbocycles. The van der Waals surface area contributed by atoms with Crippen molar-refractivity contribution in [1.82, 2.24) is 4.90 Å². The SMILES string of the molecule is CCOC(OCC)(P=O)c1ccc(NC(=O)Nc2ccc(N3CCN(C(=O)OC(C)(C)C)CC3)cc2)cc1. The highest BCUT2D eigenvalue weighted by Crippen LogP contribution is 2.38. The second kappa shape index (κ2) is 13.0. The molecule has 10 nitrogen and oxygen atoms in total. The molecule has 1 fully saturated rings. The Bertz CT molecular complexity index is 1070. The lowest BCUT2D eigenvalue weighted by Gasteiger charge is -2.36. The summed E-state index contributed by atoms with van der Waals surface area (Å²) in [6.45, 7) is 12.4. The Balaban J connectivity index is 1.52. The van der Waals surface area contributed by atoms with Crippen molar-refractivity contribution in [3.8, 4) is 0 Å². The Hall–Kier alpha value is -3.20. The van der Waals surface area contributed by atoms with Crippen LogP contribution in [0.4, 0.5) is 26.7 Å². The predicted octanol–water partition coefficient (Wildman–Crippen LogP) is 5.86. The van der Waals surface area contributed by atoms with Gasteiger partial charge in [0.25, 0.3) is 5.53 Å². The molecule has 3 rings (SSSR count). The molecule has 1 aliphatic rings. The van der Waals surface area contributed by atoms with Gasteiger partial charge in [-0.25, -0.2) is 9.59 Å². The van der Waals surface area contributed by atoms with Crippen molar-refractivity contribution in [2.45, 2.75) is 45.7 Å². The van der Waals surface area contributed by atoms with Crippen molar-refractivity contribution in [3.05, 3.63) is 54.1 Å². The topological polar surface area (TPSA) is 109 Å². The van der Waals surface area contributed by atoms with Gasteiger partial charge in [0.05, 0.1) is 0 Å². The predicted molar refractivity (Wildman–Crippen MR) is 148 cm³/mol. The quantitative estimate of drug-likeness (QED) is 0.300. The first-order valence-corrected chi connectivity index (χ1v) is 13.5. The van der Waals surface area contributed by atoms with Crippen LogP contribution < -0.4 is 15.5 Å². The number of amides is 3. The van der Waals surface area contributed by atoms with Gasteiger partial charge in [-0.3, -0.25) is 4.57 Å². The second-order valence-electron chi connectivity index (χ2n) is 9.70. The van der Waals surface area contributed by atoms with E-state index in [0.29, 0.717) is 56.3 Å². The van der Waals surface area contributed by atoms with Gasteiger partial charge < -0.3 is 34.6 Å². The van der Waals surface area contributed by atoms with E-state index in [2.05, 4.69) is 15.5 Å². The molecular weight excluding hydrogens is 507 g/mol. The third kappa shape index (κ3) is 7.90. The molecular formula is C27H37N4O6P. The highest BCUT2D eigenvalue weighted by atomic mass is 31.1. The Morgan fingerprint density at radius 3 is 1.79 bits per heavy atom. The van der Waals surface area contributed by atoms with Crippen molar-refractivity contribution in [1.29, 1.82) is 0 Å². The fourth-order valence-corrected chi connectivity index (χ4v) is 4.61. The van der Waals surface area contributed by atoms with Crippen LogP contribution in [0.2, 0.25) is 0 Å². The number of urea groups is 1. The summed E-state index contributed by atoms with van der Waals surface area (Å²) in [5, 5.41) is 5.61. The molecule has 0 bridgehead atoms. The molecule has 0 radical (unpaired) electrons. The van der Waals surface area contributed by atoms with Crippen molar-refractivity contribution in [3.63, 3.8) is 0 Å². The van der Waals surface area contributed by atoms with Gasteiger partial charge in [-0.05, 0) is 71.0 Å². The zero-order valence-corrected chi connectivity index (χ0v) is 23.5. The highest BCUT2D eigenvalue weighted by molar-refractivity contribution is 7.24. The largest absolute Gasteiger partial charge is 0.444 e. The molecule has 0 spiro atoms. The summed E-state index contributed by atoms with van der Waals surface area (Å²) in [5.74, 6) is 0. The number of hydrogen-bond donors (Lipinski definition) is 2. The number of hydrogen-bond acceptors (Lipinski definition) is 7. The summed E-state index contributed by atoms with van der Waals surface area (Å²) in [7, 11) is -0.303. The average Bonchev–Trinajstić information content (AvgIpc) is 2.88. The molecule has 2 aromatic rings. The minimum Gasteiger partial charge on any atom is -0.444 e. The van der Waals surface area contributed by atoms with Gasteiger partial charge in [-0.2, -0.15) is 0 Å². The molecule has 3 amide bonds. The van der Waals surface area contributed by atoms with Crippen LogP contribution in [-0.2, 0) is 24.3 Å². The lowest BCUT2D eigenvalue weighted by molar-refractivity contribution is -0.176. The normalized spacial score (nSPS) is 14.3. The van der Waals surface area contributed by atoms with Gasteiger partial charge in [0, 0.05) is 62.0 Å². The summed E-state index contributed by atoms with van der Waals surface area (Å²) < 4.78 is 28.5. The third-order valence-corrected chi connectivity index (χ3v) is 6.49. The van der Waals surface area contributed by atoms with E-state index >= 15 is 0 Å². The van der Waals surface area contributed by atoms with E-state index in [1.54, 1.807) is 43.0 Å². The molecule has 0 aromatic heterocycles. The van der Waals surface area contributed by atoms with Crippen LogP contribution in [0.25, 0.3) is 0 Å². The highest BCUT2D eigenvalue weighted by Gasteiger charge is 2.35. The summed E-state index contributed by atoms with van der Waals surface area (Å²) >= 11 is 0. The van der Waals surface area contributed by atoms with Gasteiger partial charge in [0.15, 0.2) is 0 Å². The fourth-order valence-electron chi connectivity index (χ4n) is 3.99. The first kappa shape index (κ1) is 29.4. The molecule has 11 heteroatoms. The molecule has 2 aromatic carbocycles. The van der Waals surface area contributed by atoms with Crippen molar-refractivity contribution < 1.29 is 28.4 Å². The van der Waals surface area contributed by atoms with Crippen LogP contribution in [0.15, 0.2) is 48.5 Å². The molecule has 2 N–H and O–H groups in total. The van der Waals surface area contributed by atoms with Gasteiger partial charge in [0.1, 0.15) is 5.60 Å². The molecule has 0 atom stereocenters. The van der Waals surface area contributed by atoms with E-state index in [1.165, 1.54) is 0 Å². The number of nitrogens with zero attached hydrogens (tertiary/aromatic N) is 2. The smallest absolute Gasteiger partial charge is 0.410 e. The van der Waals surface area contributed by atoms with E-state index in [4.69, 9.17) is 14.2 Å². The summed E-state index contributed by atoms with van der Waals surface area (Å²) in [6, 6.07) is 14.0. The summed E-state index contributed by atoms with van der Waals surface area (Å²) in [6.07, 6.45) is -0.287. The Labute approximate surface area is 225 Å². The molecule has 1 heterocycles. The van der Waals surface area contributed by atoms with E-state index < -0.39 is 11.1 Å². The first-order chi connectivity index (χ1) is 18.1. The number of rotatable bonds is 9. The number of piperazine rings is 1. The third-order valence-electron chi connectivity index (χ3n) is 5.73. The van der Waals surface area contributed by atoms with Crippen LogP contribution in [0.1, 0.15) is 40.2 Å². The fraction of sp³-hybridized carbons (Fsp3) is 0.481. The number of nitrogens with one attached hydrogen (secondary N) is 2. The maximum absolute atomic E-state index is 12.5. The minimum atomic E-state index is -1.37. The van der Waals surface area contributed by atoms with Crippen LogP contribution in [-0.4, -0.2) is 62.0 Å². The van der Waals surface area contributed by atoms with Crippen LogP contribution in [0.3, 0.4) is 0 Å². The van der Waals surface area contributed by atoms with Crippen LogP contribution in [0.5, 0.6) is 0 Å². The zero-order valence-electron chi connectivity index (χ0n) is 22.7. The lowest BCUT2D eigenvalue weighted by atomic mass is 10.2. The number of carbonyl (C=O) groups excluding carboxylic acids is 2. The van der Waals surface area contributed by atoms with Gasteiger partial charge in [-0.1, -0.05) is 12.1 Å². The van der Waals surface area contributed by atoms with Gasteiger partial charge >= 0.3 is 12.1 Å². The monoisotopic (exact) mass is 544 g/mol. The number of ether oxygens (including phenoxy) is 3. The second-order valence-corrected chi connectivity index (χ2v) is 10.5. The maximum atomic E-state index is 12.5. The molecule has 38 heavy (non-hydrogen) atoms. The van der Waals surface area contributed by atoms with E-state index in [1.807, 2.05) is 45.0 Å². The zero-order chi connectivity index (χ0) is 27.8. The van der Waals surface area contributed by atoms with E-state index in [-0.39, 0.29) is 20.6 Å². The molecule has 0 saturated carbocycles. The van der Waals surface area contributed by atoms with Crippen molar-refractivity contribution in [2.75, 3.05) is 54.9 Å². The molecule has 0 unspecified atom stereocenters. The first-order valence-electron chi connectivity index (χ1n) is 12.7. The summed E-state index contributed by atoms with van der Waals surface area (Å²) in [4.78, 5) is 28.7. The Morgan fingerprint density at radius 1 is 0.842 bits per heavy atom. The summed E-state index contributed by atoms with van der Waals surface area (Å²) in [5.41, 5.74) is 0.936. The molecule has 1 aliphatic heterocycles.